The van der Waals surface area contributed by atoms with Crippen LogP contribution < -0.4 is 10.6 Å². The Morgan fingerprint density at radius 3 is 2.63 bits per heavy atom. The van der Waals surface area contributed by atoms with Crippen LogP contribution in [-0.2, 0) is 6.18 Å². The van der Waals surface area contributed by atoms with Crippen molar-refractivity contribution in [2.75, 3.05) is 11.4 Å². The van der Waals surface area contributed by atoms with E-state index in [0.717, 1.165) is 18.9 Å². The molecule has 1 heterocycles. The lowest BCUT2D eigenvalue weighted by Crippen LogP contribution is -2.45. The Kier molecular flexibility index (Phi) is 3.97. The van der Waals surface area contributed by atoms with Crippen molar-refractivity contribution in [3.8, 4) is 0 Å². The van der Waals surface area contributed by atoms with Crippen molar-refractivity contribution in [2.24, 2.45) is 5.73 Å². The van der Waals surface area contributed by atoms with Crippen molar-refractivity contribution < 1.29 is 13.2 Å². The number of hydrogen-bond donors (Lipinski definition) is 1. The molecular formula is C13H16ClF3N2. The molecule has 19 heavy (non-hydrogen) atoms. The largest absolute Gasteiger partial charge is 0.417 e. The third kappa shape index (κ3) is 3.15. The summed E-state index contributed by atoms with van der Waals surface area (Å²) in [5, 5.41) is -0.266. The summed E-state index contributed by atoms with van der Waals surface area (Å²) in [5.41, 5.74) is 5.63. The maximum Gasteiger partial charge on any atom is 0.417 e. The zero-order chi connectivity index (χ0) is 14.2. The zero-order valence-corrected chi connectivity index (χ0v) is 11.3. The third-order valence-electron chi connectivity index (χ3n) is 3.50. The number of benzene rings is 1. The minimum Gasteiger partial charge on any atom is -0.369 e. The van der Waals surface area contributed by atoms with Gasteiger partial charge in [-0.05, 0) is 38.0 Å². The van der Waals surface area contributed by atoms with E-state index in [1.54, 1.807) is 6.07 Å². The van der Waals surface area contributed by atoms with Crippen molar-refractivity contribution in [3.05, 3.63) is 28.8 Å². The van der Waals surface area contributed by atoms with Crippen LogP contribution in [0.1, 0.15) is 25.3 Å². The van der Waals surface area contributed by atoms with Crippen LogP contribution in [0.15, 0.2) is 18.2 Å². The van der Waals surface area contributed by atoms with E-state index in [0.29, 0.717) is 12.2 Å². The van der Waals surface area contributed by atoms with Crippen LogP contribution in [0.2, 0.25) is 5.02 Å². The second-order valence-electron chi connectivity index (χ2n) is 4.99. The second kappa shape index (κ2) is 5.21. The number of alkyl halides is 3. The van der Waals surface area contributed by atoms with E-state index < -0.39 is 11.7 Å². The maximum atomic E-state index is 12.8. The number of hydrogen-bond acceptors (Lipinski definition) is 2. The monoisotopic (exact) mass is 292 g/mol. The van der Waals surface area contributed by atoms with Crippen LogP contribution in [0.3, 0.4) is 0 Å². The number of anilines is 1. The molecule has 1 fully saturated rings. The van der Waals surface area contributed by atoms with Crippen molar-refractivity contribution in [1.29, 1.82) is 0 Å². The summed E-state index contributed by atoms with van der Waals surface area (Å²) >= 11 is 5.62. The molecule has 106 valence electrons. The lowest BCUT2D eigenvalue weighted by molar-refractivity contribution is -0.137. The van der Waals surface area contributed by atoms with E-state index in [1.165, 1.54) is 6.07 Å². The summed E-state index contributed by atoms with van der Waals surface area (Å²) in [6.07, 6.45) is -2.86. The van der Waals surface area contributed by atoms with Gasteiger partial charge >= 0.3 is 6.18 Å². The fourth-order valence-electron chi connectivity index (χ4n) is 2.50. The molecular weight excluding hydrogens is 277 g/mol. The van der Waals surface area contributed by atoms with Gasteiger partial charge in [0.25, 0.3) is 0 Å². The Balaban J connectivity index is 2.31. The molecule has 0 saturated carbocycles. The van der Waals surface area contributed by atoms with Crippen LogP contribution in [0, 0.1) is 0 Å². The number of nitrogens with two attached hydrogens (primary N) is 1. The minimum atomic E-state index is -4.43. The molecule has 1 aromatic rings. The van der Waals surface area contributed by atoms with E-state index in [4.69, 9.17) is 17.3 Å². The van der Waals surface area contributed by atoms with Gasteiger partial charge in [-0.3, -0.25) is 0 Å². The fourth-order valence-corrected chi connectivity index (χ4v) is 2.73. The van der Waals surface area contributed by atoms with Gasteiger partial charge in [-0.15, -0.1) is 0 Å². The molecule has 1 aliphatic rings. The van der Waals surface area contributed by atoms with Gasteiger partial charge in [-0.1, -0.05) is 11.6 Å². The van der Waals surface area contributed by atoms with Crippen LogP contribution in [0.5, 0.6) is 0 Å². The van der Waals surface area contributed by atoms with Crippen molar-refractivity contribution in [3.63, 3.8) is 0 Å². The van der Waals surface area contributed by atoms with E-state index in [2.05, 4.69) is 0 Å². The molecule has 1 saturated heterocycles. The molecule has 2 N–H and O–H groups in total. The predicted molar refractivity (Wildman–Crippen MR) is 70.5 cm³/mol. The Bertz CT molecular complexity index is 462. The van der Waals surface area contributed by atoms with Crippen LogP contribution in [0.25, 0.3) is 0 Å². The van der Waals surface area contributed by atoms with Crippen LogP contribution in [0.4, 0.5) is 18.9 Å². The summed E-state index contributed by atoms with van der Waals surface area (Å²) in [6, 6.07) is 4.31. The molecule has 0 bridgehead atoms. The molecule has 1 aromatic carbocycles. The molecule has 2 rings (SSSR count). The molecule has 0 amide bonds. The maximum absolute atomic E-state index is 12.8. The van der Waals surface area contributed by atoms with Gasteiger partial charge in [0.1, 0.15) is 0 Å². The van der Waals surface area contributed by atoms with E-state index >= 15 is 0 Å². The average molecular weight is 293 g/mol. The highest BCUT2D eigenvalue weighted by atomic mass is 35.5. The van der Waals surface area contributed by atoms with Crippen LogP contribution in [-0.4, -0.2) is 18.6 Å². The molecule has 0 spiro atoms. The molecule has 0 aliphatic carbocycles. The van der Waals surface area contributed by atoms with Gasteiger partial charge in [0.05, 0.1) is 10.6 Å². The first-order valence-corrected chi connectivity index (χ1v) is 6.56. The second-order valence-corrected chi connectivity index (χ2v) is 5.40. The van der Waals surface area contributed by atoms with Gasteiger partial charge in [0.15, 0.2) is 0 Å². The van der Waals surface area contributed by atoms with Gasteiger partial charge in [0.2, 0.25) is 0 Å². The first-order chi connectivity index (χ1) is 8.79. The van der Waals surface area contributed by atoms with Crippen molar-refractivity contribution >= 4 is 17.3 Å². The molecule has 0 radical (unpaired) electrons. The smallest absolute Gasteiger partial charge is 0.369 e. The van der Waals surface area contributed by atoms with Gasteiger partial charge in [0, 0.05) is 24.3 Å². The summed E-state index contributed by atoms with van der Waals surface area (Å²) in [5.74, 6) is 0. The molecule has 0 aromatic heterocycles. The highest BCUT2D eigenvalue weighted by molar-refractivity contribution is 6.31. The molecule has 1 aliphatic heterocycles. The lowest BCUT2D eigenvalue weighted by Gasteiger charge is -2.38. The summed E-state index contributed by atoms with van der Waals surface area (Å²) in [7, 11) is 0. The standard InChI is InChI=1S/C13H16ClF3N2/c1-8-6-9(18)4-5-19(8)10-2-3-12(14)11(7-10)13(15,16)17/h2-3,7-9H,4-6,18H2,1H3. The topological polar surface area (TPSA) is 29.3 Å². The number of piperidine rings is 1. The summed E-state index contributed by atoms with van der Waals surface area (Å²) in [6.45, 7) is 2.64. The fraction of sp³-hybridized carbons (Fsp3) is 0.538. The van der Waals surface area contributed by atoms with Crippen molar-refractivity contribution in [2.45, 2.75) is 38.0 Å². The van der Waals surface area contributed by atoms with E-state index in [1.807, 2.05) is 11.8 Å². The van der Waals surface area contributed by atoms with Gasteiger partial charge in [-0.2, -0.15) is 13.2 Å². The summed E-state index contributed by atoms with van der Waals surface area (Å²) in [4.78, 5) is 1.95. The lowest BCUT2D eigenvalue weighted by atomic mass is 9.98. The van der Waals surface area contributed by atoms with Gasteiger partial charge < -0.3 is 10.6 Å². The molecule has 2 nitrogen and oxygen atoms in total. The highest BCUT2D eigenvalue weighted by Crippen LogP contribution is 2.37. The Morgan fingerprint density at radius 2 is 2.05 bits per heavy atom. The van der Waals surface area contributed by atoms with E-state index in [-0.39, 0.29) is 17.1 Å². The van der Waals surface area contributed by atoms with Crippen LogP contribution >= 0.6 is 11.6 Å². The first-order valence-electron chi connectivity index (χ1n) is 6.18. The van der Waals surface area contributed by atoms with E-state index in [9.17, 15) is 13.2 Å². The average Bonchev–Trinajstić information content (AvgIpc) is 2.29. The minimum absolute atomic E-state index is 0.126. The number of rotatable bonds is 1. The Hall–Kier alpha value is -0.940. The number of nitrogens with zero attached hydrogens (tertiary/aromatic N) is 1. The third-order valence-corrected chi connectivity index (χ3v) is 3.83. The zero-order valence-electron chi connectivity index (χ0n) is 10.5. The number of halogens is 4. The van der Waals surface area contributed by atoms with Gasteiger partial charge in [-0.25, -0.2) is 0 Å². The highest BCUT2D eigenvalue weighted by Gasteiger charge is 2.34. The molecule has 2 unspecified atom stereocenters. The molecule has 2 atom stereocenters. The summed E-state index contributed by atoms with van der Waals surface area (Å²) < 4.78 is 38.5. The Labute approximate surface area is 115 Å². The molecule has 6 heteroatoms. The quantitative estimate of drug-likeness (QED) is 0.855. The first kappa shape index (κ1) is 14.5. The Morgan fingerprint density at radius 1 is 1.37 bits per heavy atom. The normalized spacial score (nSPS) is 24.6. The SMILES string of the molecule is CC1CC(N)CCN1c1ccc(Cl)c(C(F)(F)F)c1. The predicted octanol–water partition coefficient (Wildman–Crippen LogP) is 3.67. The van der Waals surface area contributed by atoms with Crippen molar-refractivity contribution in [1.82, 2.24) is 0 Å².